The van der Waals surface area contributed by atoms with Crippen LogP contribution in [0.25, 0.3) is 0 Å². The first-order chi connectivity index (χ1) is 6.20. The van der Waals surface area contributed by atoms with Crippen molar-refractivity contribution in [1.29, 1.82) is 0 Å². The van der Waals surface area contributed by atoms with Crippen LogP contribution in [-0.4, -0.2) is 9.78 Å². The molecule has 0 aliphatic heterocycles. The summed E-state index contributed by atoms with van der Waals surface area (Å²) in [5.74, 6) is 0. The van der Waals surface area contributed by atoms with Crippen LogP contribution in [0.15, 0.2) is 4.79 Å². The second-order valence-corrected chi connectivity index (χ2v) is 3.38. The Morgan fingerprint density at radius 3 is 2.54 bits per heavy atom. The van der Waals surface area contributed by atoms with Crippen molar-refractivity contribution in [2.75, 3.05) is 0 Å². The van der Waals surface area contributed by atoms with Gasteiger partial charge in [0.1, 0.15) is 0 Å². The van der Waals surface area contributed by atoms with Gasteiger partial charge >= 0.3 is 0 Å². The van der Waals surface area contributed by atoms with E-state index in [4.69, 9.17) is 0 Å². The van der Waals surface area contributed by atoms with Crippen molar-refractivity contribution in [3.63, 3.8) is 0 Å². The van der Waals surface area contributed by atoms with Crippen LogP contribution in [0.4, 0.5) is 0 Å². The molecule has 1 aromatic rings. The molecule has 0 spiro atoms. The molecule has 1 heterocycles. The average Bonchev–Trinajstić information content (AvgIpc) is 2.41. The molecule has 0 saturated carbocycles. The minimum atomic E-state index is 0.144. The highest BCUT2D eigenvalue weighted by Gasteiger charge is 2.06. The van der Waals surface area contributed by atoms with E-state index >= 15 is 0 Å². The molecule has 0 aromatic carbocycles. The second kappa shape index (κ2) is 4.30. The van der Waals surface area contributed by atoms with Gasteiger partial charge in [0, 0.05) is 17.8 Å². The Balaban J connectivity index is 2.89. The smallest absolute Gasteiger partial charge is 0.269 e. The number of nitrogens with zero attached hydrogens (tertiary/aromatic N) is 1. The molecule has 1 N–H and O–H groups in total. The summed E-state index contributed by atoms with van der Waals surface area (Å²) >= 11 is 0. The van der Waals surface area contributed by atoms with E-state index in [0.29, 0.717) is 0 Å². The van der Waals surface area contributed by atoms with Gasteiger partial charge in [-0.3, -0.25) is 14.6 Å². The maximum Gasteiger partial charge on any atom is 0.269 e. The molecule has 0 saturated heterocycles. The van der Waals surface area contributed by atoms with Gasteiger partial charge in [-0.2, -0.15) is 0 Å². The fourth-order valence-electron chi connectivity index (χ4n) is 1.45. The van der Waals surface area contributed by atoms with Gasteiger partial charge < -0.3 is 0 Å². The fraction of sp³-hybridized carbons (Fsp3) is 0.700. The number of aromatic nitrogens is 2. The lowest BCUT2D eigenvalue weighted by Gasteiger charge is -1.98. The quantitative estimate of drug-likeness (QED) is 0.758. The zero-order valence-electron chi connectivity index (χ0n) is 8.68. The third-order valence-corrected chi connectivity index (χ3v) is 2.38. The molecular formula is C10H18N2O. The third kappa shape index (κ3) is 2.02. The summed E-state index contributed by atoms with van der Waals surface area (Å²) in [6, 6.07) is 0. The van der Waals surface area contributed by atoms with Crippen molar-refractivity contribution in [2.24, 2.45) is 0 Å². The van der Waals surface area contributed by atoms with Crippen molar-refractivity contribution in [3.05, 3.63) is 21.6 Å². The molecule has 0 amide bonds. The summed E-state index contributed by atoms with van der Waals surface area (Å²) in [6.45, 7) is 6.89. The standard InChI is InChI=1S/C10H18N2O/c1-4-6-7-12-10(13)8(3)9(5-2)11-12/h11H,4-7H2,1-3H3. The summed E-state index contributed by atoms with van der Waals surface area (Å²) in [5.41, 5.74) is 2.09. The first-order valence-electron chi connectivity index (χ1n) is 4.99. The van der Waals surface area contributed by atoms with Crippen LogP contribution in [0.1, 0.15) is 37.9 Å². The molecule has 1 aromatic heterocycles. The molecule has 0 bridgehead atoms. The Bertz CT molecular complexity index is 322. The normalized spacial score (nSPS) is 10.7. The van der Waals surface area contributed by atoms with Crippen LogP contribution >= 0.6 is 0 Å². The molecule has 0 unspecified atom stereocenters. The van der Waals surface area contributed by atoms with Gasteiger partial charge in [0.15, 0.2) is 0 Å². The summed E-state index contributed by atoms with van der Waals surface area (Å²) in [6.07, 6.45) is 3.08. The Kier molecular flexibility index (Phi) is 3.34. The Hall–Kier alpha value is -0.990. The van der Waals surface area contributed by atoms with Crippen molar-refractivity contribution >= 4 is 0 Å². The summed E-state index contributed by atoms with van der Waals surface area (Å²) < 4.78 is 1.72. The monoisotopic (exact) mass is 182 g/mol. The van der Waals surface area contributed by atoms with Gasteiger partial charge in [-0.05, 0) is 19.8 Å². The highest BCUT2D eigenvalue weighted by molar-refractivity contribution is 5.14. The number of hydrogen-bond acceptors (Lipinski definition) is 1. The topological polar surface area (TPSA) is 37.8 Å². The first-order valence-corrected chi connectivity index (χ1v) is 4.99. The summed E-state index contributed by atoms with van der Waals surface area (Å²) in [4.78, 5) is 11.6. The molecule has 74 valence electrons. The lowest BCUT2D eigenvalue weighted by atomic mass is 10.2. The predicted octanol–water partition coefficient (Wildman–Crippen LogP) is 1.85. The molecule has 0 atom stereocenters. The van der Waals surface area contributed by atoms with E-state index in [0.717, 1.165) is 37.1 Å². The molecule has 1 rings (SSSR count). The van der Waals surface area contributed by atoms with Crippen LogP contribution in [0.3, 0.4) is 0 Å². The van der Waals surface area contributed by atoms with Crippen LogP contribution < -0.4 is 5.56 Å². The highest BCUT2D eigenvalue weighted by Crippen LogP contribution is 2.00. The number of unbranched alkanes of at least 4 members (excludes halogenated alkanes) is 1. The van der Waals surface area contributed by atoms with Gasteiger partial charge in [0.2, 0.25) is 0 Å². The highest BCUT2D eigenvalue weighted by atomic mass is 16.1. The Labute approximate surface area is 78.8 Å². The minimum absolute atomic E-state index is 0.144. The average molecular weight is 182 g/mol. The Morgan fingerprint density at radius 2 is 2.08 bits per heavy atom. The van der Waals surface area contributed by atoms with E-state index in [1.165, 1.54) is 0 Å². The zero-order valence-corrected chi connectivity index (χ0v) is 8.68. The van der Waals surface area contributed by atoms with Crippen LogP contribution in [0.2, 0.25) is 0 Å². The van der Waals surface area contributed by atoms with Crippen LogP contribution in [-0.2, 0) is 13.0 Å². The zero-order chi connectivity index (χ0) is 9.84. The molecule has 13 heavy (non-hydrogen) atoms. The van der Waals surface area contributed by atoms with Crippen molar-refractivity contribution in [3.8, 4) is 0 Å². The van der Waals surface area contributed by atoms with Crippen LogP contribution in [0, 0.1) is 6.92 Å². The van der Waals surface area contributed by atoms with Gasteiger partial charge in [-0.25, -0.2) is 0 Å². The van der Waals surface area contributed by atoms with Gasteiger partial charge in [-0.1, -0.05) is 20.3 Å². The maximum absolute atomic E-state index is 11.6. The van der Waals surface area contributed by atoms with Crippen LogP contribution in [0.5, 0.6) is 0 Å². The molecule has 3 heteroatoms. The van der Waals surface area contributed by atoms with E-state index < -0.39 is 0 Å². The van der Waals surface area contributed by atoms with E-state index in [1.54, 1.807) is 4.68 Å². The van der Waals surface area contributed by atoms with Gasteiger partial charge in [-0.15, -0.1) is 0 Å². The largest absolute Gasteiger partial charge is 0.299 e. The fourth-order valence-corrected chi connectivity index (χ4v) is 1.45. The number of H-pyrrole nitrogens is 1. The molecule has 3 nitrogen and oxygen atoms in total. The van der Waals surface area contributed by atoms with Gasteiger partial charge in [0.25, 0.3) is 5.56 Å². The number of nitrogens with one attached hydrogen (secondary N) is 1. The van der Waals surface area contributed by atoms with E-state index in [-0.39, 0.29) is 5.56 Å². The Morgan fingerprint density at radius 1 is 1.38 bits per heavy atom. The second-order valence-electron chi connectivity index (χ2n) is 3.38. The van der Waals surface area contributed by atoms with E-state index in [9.17, 15) is 4.79 Å². The molecule has 0 aliphatic rings. The van der Waals surface area contributed by atoms with Gasteiger partial charge in [0.05, 0.1) is 0 Å². The number of hydrogen-bond donors (Lipinski definition) is 1. The number of rotatable bonds is 4. The summed E-state index contributed by atoms with van der Waals surface area (Å²) in [7, 11) is 0. The lowest BCUT2D eigenvalue weighted by Crippen LogP contribution is -2.17. The van der Waals surface area contributed by atoms with E-state index in [1.807, 2.05) is 6.92 Å². The summed E-state index contributed by atoms with van der Waals surface area (Å²) in [5, 5.41) is 3.14. The van der Waals surface area contributed by atoms with Crippen molar-refractivity contribution in [1.82, 2.24) is 9.78 Å². The number of aromatic amines is 1. The lowest BCUT2D eigenvalue weighted by molar-refractivity contribution is 0.552. The minimum Gasteiger partial charge on any atom is -0.299 e. The SMILES string of the molecule is CCCCn1[nH]c(CC)c(C)c1=O. The molecule has 0 fully saturated rings. The van der Waals surface area contributed by atoms with Crippen molar-refractivity contribution < 1.29 is 0 Å². The number of aryl methyl sites for hydroxylation is 2. The molecular weight excluding hydrogens is 164 g/mol. The third-order valence-electron chi connectivity index (χ3n) is 2.38. The predicted molar refractivity (Wildman–Crippen MR) is 54.1 cm³/mol. The van der Waals surface area contributed by atoms with E-state index in [2.05, 4.69) is 18.9 Å². The molecule has 0 aliphatic carbocycles. The first kappa shape index (κ1) is 10.1. The maximum atomic E-state index is 11.6. The van der Waals surface area contributed by atoms with Crippen molar-refractivity contribution in [2.45, 2.75) is 46.6 Å². The molecule has 0 radical (unpaired) electrons.